The number of amides is 2. The first kappa shape index (κ1) is 34.2. The van der Waals surface area contributed by atoms with Crippen LogP contribution < -0.4 is 19.6 Å². The van der Waals surface area contributed by atoms with Crippen LogP contribution in [0.5, 0.6) is 5.75 Å². The number of carbonyl (C=O) groups is 2. The maximum atomic E-state index is 11.8. The number of carbonyl (C=O) groups excluding carboxylic acids is 2. The molecule has 0 saturated heterocycles. The average Bonchev–Trinajstić information content (AvgIpc) is 2.91. The number of aryl methyl sites for hydroxylation is 1. The number of rotatable bonds is 11. The summed E-state index contributed by atoms with van der Waals surface area (Å²) < 4.78 is 6.87. The Morgan fingerprint density at radius 3 is 2.19 bits per heavy atom. The maximum Gasteiger partial charge on any atom is 0.248 e. The SMILES string of the molecule is C=Cc1c(C)ccc(OCCC)c1/C=C\C(C)CC.CC.CC(C)C(=O)N(NC=O)c1cc[c]([Al])cc1. The van der Waals surface area contributed by atoms with E-state index in [4.69, 9.17) is 4.74 Å². The number of nitrogens with zero attached hydrogens (tertiary/aromatic N) is 1. The number of hydrogen-bond acceptors (Lipinski definition) is 3. The normalized spacial score (nSPS) is 10.9. The van der Waals surface area contributed by atoms with Gasteiger partial charge in [0.05, 0.1) is 12.3 Å². The summed E-state index contributed by atoms with van der Waals surface area (Å²) in [5.74, 6) is 1.21. The Morgan fingerprint density at radius 1 is 1.08 bits per heavy atom. The molecule has 200 valence electrons. The summed E-state index contributed by atoms with van der Waals surface area (Å²) >= 11 is 2.56. The van der Waals surface area contributed by atoms with Crippen molar-refractivity contribution in [1.82, 2.24) is 5.43 Å². The van der Waals surface area contributed by atoms with Crippen LogP contribution in [0.25, 0.3) is 12.2 Å². The minimum atomic E-state index is -0.178. The van der Waals surface area contributed by atoms with Gasteiger partial charge in [-0.05, 0) is 48.6 Å². The van der Waals surface area contributed by atoms with Crippen LogP contribution in [0.1, 0.15) is 78.0 Å². The van der Waals surface area contributed by atoms with Crippen molar-refractivity contribution in [3.8, 4) is 5.75 Å². The summed E-state index contributed by atoms with van der Waals surface area (Å²) in [5, 5.41) is 1.25. The molecule has 5 nitrogen and oxygen atoms in total. The molecule has 0 aromatic heterocycles. The molecule has 1 N–H and O–H groups in total. The second-order valence-electron chi connectivity index (χ2n) is 8.67. The zero-order valence-electron chi connectivity index (χ0n) is 24.0. The van der Waals surface area contributed by atoms with Crippen LogP contribution in [0.2, 0.25) is 0 Å². The van der Waals surface area contributed by atoms with Gasteiger partial charge in [0.15, 0.2) is 16.3 Å². The molecule has 0 aliphatic heterocycles. The minimum absolute atomic E-state index is 0.149. The zero-order valence-corrected chi connectivity index (χ0v) is 25.2. The van der Waals surface area contributed by atoms with Crippen molar-refractivity contribution < 1.29 is 14.3 Å². The molecular weight excluding hydrogens is 475 g/mol. The predicted molar refractivity (Wildman–Crippen MR) is 160 cm³/mol. The molecule has 0 aliphatic rings. The van der Waals surface area contributed by atoms with E-state index in [0.717, 1.165) is 35.2 Å². The van der Waals surface area contributed by atoms with E-state index in [1.165, 1.54) is 16.1 Å². The Morgan fingerprint density at radius 2 is 1.70 bits per heavy atom. The van der Waals surface area contributed by atoms with Crippen LogP contribution in [0.3, 0.4) is 0 Å². The molecule has 2 aromatic rings. The number of nitrogens with one attached hydrogen (secondary N) is 1. The molecule has 2 rings (SSSR count). The molecule has 1 atom stereocenters. The van der Waals surface area contributed by atoms with Gasteiger partial charge in [0.2, 0.25) is 12.3 Å². The smallest absolute Gasteiger partial charge is 0.248 e. The summed E-state index contributed by atoms with van der Waals surface area (Å²) in [6.07, 6.45) is 9.02. The van der Waals surface area contributed by atoms with E-state index in [1.807, 2.05) is 32.1 Å². The highest BCUT2D eigenvalue weighted by Gasteiger charge is 2.18. The number of benzene rings is 2. The van der Waals surface area contributed by atoms with Crippen molar-refractivity contribution in [3.63, 3.8) is 0 Å². The molecule has 2 amide bonds. The Balaban J connectivity index is 0.000000665. The van der Waals surface area contributed by atoms with Crippen LogP contribution in [0, 0.1) is 18.8 Å². The van der Waals surface area contributed by atoms with Crippen LogP contribution in [0.4, 0.5) is 5.69 Å². The fraction of sp³-hybridized carbons (Fsp3) is 0.419. The van der Waals surface area contributed by atoms with Crippen LogP contribution >= 0.6 is 0 Å². The van der Waals surface area contributed by atoms with Crippen molar-refractivity contribution in [2.45, 2.75) is 68.2 Å². The highest BCUT2D eigenvalue weighted by atomic mass is 27.0. The van der Waals surface area contributed by atoms with Crippen molar-refractivity contribution in [1.29, 1.82) is 0 Å². The van der Waals surface area contributed by atoms with Crippen LogP contribution in [-0.2, 0) is 9.59 Å². The number of anilines is 1. The lowest BCUT2D eigenvalue weighted by Crippen LogP contribution is -2.44. The molecule has 6 heteroatoms. The third-order valence-corrected chi connectivity index (χ3v) is 5.80. The topological polar surface area (TPSA) is 58.6 Å². The largest absolute Gasteiger partial charge is 0.493 e. The first-order valence-corrected chi connectivity index (χ1v) is 13.7. The molecule has 37 heavy (non-hydrogen) atoms. The van der Waals surface area contributed by atoms with Gasteiger partial charge in [-0.15, -0.1) is 4.43 Å². The van der Waals surface area contributed by atoms with Gasteiger partial charge in [0.1, 0.15) is 5.75 Å². The Labute approximate surface area is 233 Å². The van der Waals surface area contributed by atoms with Gasteiger partial charge in [-0.3, -0.25) is 15.0 Å². The van der Waals surface area contributed by atoms with Crippen molar-refractivity contribution >= 4 is 50.9 Å². The summed E-state index contributed by atoms with van der Waals surface area (Å²) in [5.41, 5.74) is 6.61. The van der Waals surface area contributed by atoms with Gasteiger partial charge in [0, 0.05) is 11.5 Å². The lowest BCUT2D eigenvalue weighted by Gasteiger charge is -2.23. The summed E-state index contributed by atoms with van der Waals surface area (Å²) in [6.45, 7) is 20.9. The molecule has 1 unspecified atom stereocenters. The molecule has 0 aliphatic carbocycles. The number of ether oxygens (including phenoxy) is 1. The highest BCUT2D eigenvalue weighted by molar-refractivity contribution is 6.32. The third-order valence-electron chi connectivity index (χ3n) is 5.41. The second-order valence-corrected chi connectivity index (χ2v) is 9.34. The van der Waals surface area contributed by atoms with E-state index in [-0.39, 0.29) is 11.8 Å². The lowest BCUT2D eigenvalue weighted by atomic mass is 9.98. The monoisotopic (exact) mass is 520 g/mol. The van der Waals surface area contributed by atoms with E-state index >= 15 is 0 Å². The highest BCUT2D eigenvalue weighted by Crippen LogP contribution is 2.28. The number of hydrogen-bond donors (Lipinski definition) is 1. The van der Waals surface area contributed by atoms with Crippen molar-refractivity contribution in [2.24, 2.45) is 11.8 Å². The summed E-state index contributed by atoms with van der Waals surface area (Å²) in [6, 6.07) is 11.4. The van der Waals surface area contributed by atoms with E-state index in [0.29, 0.717) is 18.0 Å². The molecule has 2 aromatic carbocycles. The van der Waals surface area contributed by atoms with Gasteiger partial charge in [-0.2, -0.15) is 0 Å². The fourth-order valence-electron chi connectivity index (χ4n) is 3.10. The van der Waals surface area contributed by atoms with Gasteiger partial charge >= 0.3 is 0 Å². The standard InChI is InChI=1S/C18H26O.C11H13N2O2.C2H6.Al/c1-6-13-19-18-12-10-15(5)16(8-3)17(18)11-9-14(4)7-2;1-9(2)11(15)13(12-8-14)10-6-4-3-5-7-10;1-2;/h8-12,14H,3,6-7,13H2,1-2,4-5H3;4-9H,1-2H3,(H,12,14);1-2H3;/b11-9-;;;. The van der Waals surface area contributed by atoms with Gasteiger partial charge < -0.3 is 4.74 Å². The van der Waals surface area contributed by atoms with E-state index in [1.54, 1.807) is 26.0 Å². The molecule has 0 saturated carbocycles. The molecule has 0 bridgehead atoms. The Kier molecular flexibility index (Phi) is 17.9. The van der Waals surface area contributed by atoms with E-state index in [2.05, 4.69) is 80.3 Å². The van der Waals surface area contributed by atoms with Gasteiger partial charge in [0.25, 0.3) is 0 Å². The van der Waals surface area contributed by atoms with Crippen molar-refractivity contribution in [3.05, 3.63) is 65.7 Å². The first-order valence-electron chi connectivity index (χ1n) is 13.2. The van der Waals surface area contributed by atoms with Crippen LogP contribution in [-0.4, -0.2) is 35.2 Å². The summed E-state index contributed by atoms with van der Waals surface area (Å²) in [7, 11) is 0. The third kappa shape index (κ3) is 11.9. The first-order chi connectivity index (χ1) is 17.7. The maximum absolute atomic E-state index is 11.8. The van der Waals surface area contributed by atoms with Gasteiger partial charge in [-0.1, -0.05) is 97.9 Å². The summed E-state index contributed by atoms with van der Waals surface area (Å²) in [4.78, 5) is 22.3. The average molecular weight is 521 g/mol. The fourth-order valence-corrected chi connectivity index (χ4v) is 3.29. The van der Waals surface area contributed by atoms with Crippen LogP contribution in [0.15, 0.2) is 49.1 Å². The molecule has 0 spiro atoms. The Hall–Kier alpha value is -2.81. The lowest BCUT2D eigenvalue weighted by molar-refractivity contribution is -0.124. The molecule has 0 fully saturated rings. The van der Waals surface area contributed by atoms with Crippen molar-refractivity contribution in [2.75, 3.05) is 11.6 Å². The predicted octanol–water partition coefficient (Wildman–Crippen LogP) is 6.64. The minimum Gasteiger partial charge on any atom is -0.493 e. The molecule has 0 heterocycles. The number of hydrazine groups is 1. The zero-order chi connectivity index (χ0) is 28.4. The Bertz CT molecular complexity index is 985. The molecule has 2 radical (unpaired) electrons. The van der Waals surface area contributed by atoms with Gasteiger partial charge in [-0.25, -0.2) is 5.01 Å². The molecular formula is C31H45AlN2O3. The van der Waals surface area contributed by atoms with E-state index < -0.39 is 0 Å². The van der Waals surface area contributed by atoms with E-state index in [9.17, 15) is 9.59 Å². The number of allylic oxidation sites excluding steroid dienone is 1. The quantitative estimate of drug-likeness (QED) is 0.205. The second kappa shape index (κ2) is 19.3.